The van der Waals surface area contributed by atoms with Gasteiger partial charge in [0.25, 0.3) is 0 Å². The van der Waals surface area contributed by atoms with Crippen LogP contribution in [0, 0.1) is 0 Å². The van der Waals surface area contributed by atoms with Gasteiger partial charge in [-0.3, -0.25) is 0 Å². The van der Waals surface area contributed by atoms with E-state index < -0.39 is 14.2 Å². The molecule has 0 radical (unpaired) electrons. The summed E-state index contributed by atoms with van der Waals surface area (Å²) < 4.78 is 14.2. The van der Waals surface area contributed by atoms with Gasteiger partial charge in [-0.25, -0.2) is 9.78 Å². The summed E-state index contributed by atoms with van der Waals surface area (Å²) >= 11 is 3.52. The van der Waals surface area contributed by atoms with Crippen LogP contribution in [-0.2, 0) is 29.4 Å². The maximum atomic E-state index is 12.1. The normalized spacial score (nSPS) is 11.6. The number of carbonyl (C=O) groups is 1. The first-order valence-electron chi connectivity index (χ1n) is 9.99. The zero-order valence-electron chi connectivity index (χ0n) is 17.7. The molecule has 0 aliphatic rings. The summed E-state index contributed by atoms with van der Waals surface area (Å²) in [5.74, 6) is 0.729. The molecule has 6 nitrogen and oxygen atoms in total. The fraction of sp³-hybridized carbons (Fsp3) is 0.364. The summed E-state index contributed by atoms with van der Waals surface area (Å²) in [4.78, 5) is 16.8. The molecule has 2 aromatic carbocycles. The highest BCUT2D eigenvalue weighted by Gasteiger charge is 2.15. The van der Waals surface area contributed by atoms with Crippen LogP contribution < -0.4 is 5.32 Å². The van der Waals surface area contributed by atoms with Gasteiger partial charge in [0.2, 0.25) is 0 Å². The van der Waals surface area contributed by atoms with Crippen LogP contribution in [0.4, 0.5) is 4.79 Å². The quantitative estimate of drug-likeness (QED) is 0.316. The fourth-order valence-electron chi connectivity index (χ4n) is 2.88. The predicted molar refractivity (Wildman–Crippen MR) is 125 cm³/mol. The van der Waals surface area contributed by atoms with Crippen molar-refractivity contribution in [1.29, 1.82) is 0 Å². The van der Waals surface area contributed by atoms with Crippen molar-refractivity contribution in [3.8, 4) is 0 Å². The Bertz CT molecular complexity index is 986. The average molecular weight is 490 g/mol. The zero-order valence-corrected chi connectivity index (χ0v) is 20.2. The highest BCUT2D eigenvalue weighted by atomic mass is 79.9. The number of carbonyl (C=O) groups excluding carboxylic acids is 1. The number of hydrogen-bond acceptors (Lipinski definition) is 4. The van der Waals surface area contributed by atoms with Gasteiger partial charge in [-0.05, 0) is 29.8 Å². The first kappa shape index (κ1) is 22.5. The van der Waals surface area contributed by atoms with Gasteiger partial charge in [0.15, 0.2) is 0 Å². The number of rotatable bonds is 9. The summed E-state index contributed by atoms with van der Waals surface area (Å²) in [6, 6.07) is 16.6. The SMILES string of the molecule is C[Si](C)(C)CCOCn1c(CNC(=O)OCc2ccccc2)nc2ccc(Br)cc21. The molecule has 0 fully saturated rings. The Kier molecular flexibility index (Phi) is 7.68. The largest absolute Gasteiger partial charge is 0.445 e. The number of nitrogens with one attached hydrogen (secondary N) is 1. The molecule has 0 spiro atoms. The smallest absolute Gasteiger partial charge is 0.407 e. The summed E-state index contributed by atoms with van der Waals surface area (Å²) in [6.45, 7) is 8.60. The van der Waals surface area contributed by atoms with E-state index in [2.05, 4.69) is 45.9 Å². The minimum atomic E-state index is -1.15. The van der Waals surface area contributed by atoms with E-state index in [-0.39, 0.29) is 13.2 Å². The highest BCUT2D eigenvalue weighted by molar-refractivity contribution is 9.10. The van der Waals surface area contributed by atoms with Crippen LogP contribution in [0.2, 0.25) is 25.7 Å². The van der Waals surface area contributed by atoms with Gasteiger partial charge < -0.3 is 19.4 Å². The molecule has 1 aromatic heterocycles. The van der Waals surface area contributed by atoms with E-state index in [9.17, 15) is 4.79 Å². The number of ether oxygens (including phenoxy) is 2. The van der Waals surface area contributed by atoms with Crippen molar-refractivity contribution < 1.29 is 14.3 Å². The molecule has 0 saturated heterocycles. The van der Waals surface area contributed by atoms with Crippen molar-refractivity contribution in [2.75, 3.05) is 6.61 Å². The topological polar surface area (TPSA) is 65.4 Å². The van der Waals surface area contributed by atoms with Gasteiger partial charge in [-0.1, -0.05) is 65.9 Å². The van der Waals surface area contributed by atoms with Crippen molar-refractivity contribution in [3.05, 3.63) is 64.4 Å². The Balaban J connectivity index is 1.64. The van der Waals surface area contributed by atoms with Crippen LogP contribution >= 0.6 is 15.9 Å². The predicted octanol–water partition coefficient (Wildman–Crippen LogP) is 5.54. The van der Waals surface area contributed by atoms with Crippen LogP contribution in [0.3, 0.4) is 0 Å². The minimum Gasteiger partial charge on any atom is -0.445 e. The molecule has 0 aliphatic heterocycles. The Morgan fingerprint density at radius 3 is 2.67 bits per heavy atom. The van der Waals surface area contributed by atoms with Gasteiger partial charge in [-0.2, -0.15) is 0 Å². The standard InChI is InChI=1S/C22H28BrN3O3Si/c1-30(2,3)12-11-28-16-26-20-13-18(23)9-10-19(20)25-21(26)14-24-22(27)29-15-17-7-5-4-6-8-17/h4-10,13H,11-12,14-16H2,1-3H3,(H,24,27). The molecule has 1 heterocycles. The summed E-state index contributed by atoms with van der Waals surface area (Å²) in [5.41, 5.74) is 2.77. The first-order valence-corrected chi connectivity index (χ1v) is 14.5. The third kappa shape index (κ3) is 6.68. The maximum Gasteiger partial charge on any atom is 0.407 e. The molecule has 0 unspecified atom stereocenters. The van der Waals surface area contributed by atoms with Crippen LogP contribution in [0.25, 0.3) is 11.0 Å². The molecule has 3 aromatic rings. The molecular weight excluding hydrogens is 462 g/mol. The van der Waals surface area contributed by atoms with Crippen LogP contribution in [0.5, 0.6) is 0 Å². The number of fused-ring (bicyclic) bond motifs is 1. The lowest BCUT2D eigenvalue weighted by molar-refractivity contribution is 0.0873. The number of alkyl carbamates (subject to hydrolysis) is 1. The van der Waals surface area contributed by atoms with Crippen molar-refractivity contribution in [2.45, 2.75) is 45.6 Å². The van der Waals surface area contributed by atoms with E-state index in [1.807, 2.05) is 53.1 Å². The van der Waals surface area contributed by atoms with E-state index in [1.165, 1.54) is 0 Å². The van der Waals surface area contributed by atoms with Crippen LogP contribution in [0.15, 0.2) is 53.0 Å². The van der Waals surface area contributed by atoms with E-state index in [1.54, 1.807) is 0 Å². The second-order valence-electron chi connectivity index (χ2n) is 8.35. The molecule has 0 saturated carbocycles. The van der Waals surface area contributed by atoms with Crippen molar-refractivity contribution >= 4 is 41.1 Å². The number of imidazole rings is 1. The van der Waals surface area contributed by atoms with Gasteiger partial charge in [0.05, 0.1) is 17.6 Å². The lowest BCUT2D eigenvalue weighted by atomic mass is 10.2. The number of benzene rings is 2. The Morgan fingerprint density at radius 1 is 1.17 bits per heavy atom. The van der Waals surface area contributed by atoms with Gasteiger partial charge >= 0.3 is 6.09 Å². The summed E-state index contributed by atoms with van der Waals surface area (Å²) in [6.07, 6.45) is -0.474. The van der Waals surface area contributed by atoms with Crippen LogP contribution in [-0.4, -0.2) is 30.3 Å². The number of nitrogens with zero attached hydrogens (tertiary/aromatic N) is 2. The summed E-state index contributed by atoms with van der Waals surface area (Å²) in [7, 11) is -1.15. The second kappa shape index (κ2) is 10.2. The number of amides is 1. The second-order valence-corrected chi connectivity index (χ2v) is 14.9. The summed E-state index contributed by atoms with van der Waals surface area (Å²) in [5, 5.41) is 2.79. The first-order chi connectivity index (χ1) is 14.3. The third-order valence-corrected chi connectivity index (χ3v) is 6.81. The Morgan fingerprint density at radius 2 is 1.93 bits per heavy atom. The zero-order chi connectivity index (χ0) is 21.6. The molecule has 3 rings (SSSR count). The molecule has 1 amide bonds. The lowest BCUT2D eigenvalue weighted by Crippen LogP contribution is -2.26. The third-order valence-electron chi connectivity index (χ3n) is 4.61. The fourth-order valence-corrected chi connectivity index (χ4v) is 3.99. The minimum absolute atomic E-state index is 0.232. The maximum absolute atomic E-state index is 12.1. The van der Waals surface area contributed by atoms with Crippen LogP contribution in [0.1, 0.15) is 11.4 Å². The van der Waals surface area contributed by atoms with E-state index >= 15 is 0 Å². The molecule has 1 N–H and O–H groups in total. The van der Waals surface area contributed by atoms with Gasteiger partial charge in [0, 0.05) is 19.2 Å². The van der Waals surface area contributed by atoms with Gasteiger partial charge in [-0.15, -0.1) is 0 Å². The average Bonchev–Trinajstić information content (AvgIpc) is 3.05. The molecule has 160 valence electrons. The molecule has 30 heavy (non-hydrogen) atoms. The van der Waals surface area contributed by atoms with E-state index in [4.69, 9.17) is 9.47 Å². The Labute approximate surface area is 186 Å². The molecule has 8 heteroatoms. The lowest BCUT2D eigenvalue weighted by Gasteiger charge is -2.16. The molecule has 0 bridgehead atoms. The number of hydrogen-bond donors (Lipinski definition) is 1. The molecular formula is C22H28BrN3O3Si. The molecule has 0 aliphatic carbocycles. The van der Waals surface area contributed by atoms with Crippen molar-refractivity contribution in [3.63, 3.8) is 0 Å². The van der Waals surface area contributed by atoms with Gasteiger partial charge in [0.1, 0.15) is 19.2 Å². The Hall–Kier alpha value is -2.16. The monoisotopic (exact) mass is 489 g/mol. The van der Waals surface area contributed by atoms with Crippen molar-refractivity contribution in [2.24, 2.45) is 0 Å². The van der Waals surface area contributed by atoms with Crippen molar-refractivity contribution in [1.82, 2.24) is 14.9 Å². The number of aromatic nitrogens is 2. The molecule has 0 atom stereocenters. The van der Waals surface area contributed by atoms with E-state index in [0.29, 0.717) is 6.73 Å². The highest BCUT2D eigenvalue weighted by Crippen LogP contribution is 2.21. The van der Waals surface area contributed by atoms with E-state index in [0.717, 1.165) is 39.5 Å². The number of halogens is 1.